The van der Waals surface area contributed by atoms with Gasteiger partial charge in [-0.15, -0.1) is 5.11 Å². The zero-order chi connectivity index (χ0) is 12.9. The lowest BCUT2D eigenvalue weighted by atomic mass is 10.2. The standard InChI is InChI=1S/C12H13N3O2/c1-12(2,3)17-11(16)15-14-10-6-4-9(8-13)5-7-10/h4-7H,1-3H3. The van der Waals surface area contributed by atoms with Gasteiger partial charge < -0.3 is 4.74 Å². The summed E-state index contributed by atoms with van der Waals surface area (Å²) in [6, 6.07) is 8.39. The van der Waals surface area contributed by atoms with E-state index in [2.05, 4.69) is 10.2 Å². The predicted molar refractivity (Wildman–Crippen MR) is 61.9 cm³/mol. The molecule has 0 saturated carbocycles. The van der Waals surface area contributed by atoms with E-state index in [9.17, 15) is 4.79 Å². The Bertz CT molecular complexity index is 464. The molecule has 5 heteroatoms. The molecule has 0 bridgehead atoms. The SMILES string of the molecule is CC(C)(C)OC(=O)N=Nc1ccc(C#N)cc1. The van der Waals surface area contributed by atoms with Crippen LogP contribution in [-0.4, -0.2) is 11.7 Å². The van der Waals surface area contributed by atoms with Crippen LogP contribution in [-0.2, 0) is 4.74 Å². The number of nitrogens with zero attached hydrogens (tertiary/aromatic N) is 3. The molecule has 0 saturated heterocycles. The van der Waals surface area contributed by atoms with E-state index in [1.54, 1.807) is 45.0 Å². The van der Waals surface area contributed by atoms with Crippen molar-refractivity contribution in [2.75, 3.05) is 0 Å². The second-order valence-electron chi connectivity index (χ2n) is 4.34. The van der Waals surface area contributed by atoms with Gasteiger partial charge in [-0.1, -0.05) is 5.11 Å². The summed E-state index contributed by atoms with van der Waals surface area (Å²) in [6.07, 6.45) is -0.734. The molecule has 0 aliphatic heterocycles. The van der Waals surface area contributed by atoms with Gasteiger partial charge in [-0.2, -0.15) is 5.26 Å². The molecule has 0 aliphatic rings. The van der Waals surface area contributed by atoms with Crippen molar-refractivity contribution in [1.82, 2.24) is 0 Å². The van der Waals surface area contributed by atoms with Crippen LogP contribution in [0.1, 0.15) is 26.3 Å². The number of carbonyl (C=O) groups excluding carboxylic acids is 1. The van der Waals surface area contributed by atoms with E-state index in [0.29, 0.717) is 11.3 Å². The predicted octanol–water partition coefficient (Wildman–Crippen LogP) is 3.58. The number of nitriles is 1. The van der Waals surface area contributed by atoms with Gasteiger partial charge in [0.15, 0.2) is 0 Å². The number of rotatable bonds is 1. The molecule has 1 aromatic rings. The molecule has 0 N–H and O–H groups in total. The van der Waals surface area contributed by atoms with Crippen molar-refractivity contribution in [2.45, 2.75) is 26.4 Å². The highest BCUT2D eigenvalue weighted by atomic mass is 16.6. The smallest absolute Gasteiger partial charge is 0.441 e. The molecular formula is C12H13N3O2. The molecule has 0 fully saturated rings. The van der Waals surface area contributed by atoms with Crippen LogP contribution in [0.25, 0.3) is 0 Å². The number of benzene rings is 1. The summed E-state index contributed by atoms with van der Waals surface area (Å²) in [5.74, 6) is 0. The Labute approximate surface area is 99.7 Å². The van der Waals surface area contributed by atoms with Gasteiger partial charge in [0.1, 0.15) is 5.60 Å². The highest BCUT2D eigenvalue weighted by molar-refractivity contribution is 5.68. The van der Waals surface area contributed by atoms with Crippen molar-refractivity contribution in [1.29, 1.82) is 5.26 Å². The monoisotopic (exact) mass is 231 g/mol. The van der Waals surface area contributed by atoms with Crippen LogP contribution in [0.5, 0.6) is 0 Å². The molecule has 0 atom stereocenters. The van der Waals surface area contributed by atoms with Crippen LogP contribution in [0, 0.1) is 11.3 Å². The second kappa shape index (κ2) is 5.21. The lowest BCUT2D eigenvalue weighted by Crippen LogP contribution is -2.21. The maximum absolute atomic E-state index is 11.2. The molecule has 1 aromatic carbocycles. The van der Waals surface area contributed by atoms with E-state index in [1.807, 2.05) is 6.07 Å². The summed E-state index contributed by atoms with van der Waals surface area (Å²) in [7, 11) is 0. The summed E-state index contributed by atoms with van der Waals surface area (Å²) in [4.78, 5) is 11.2. The fourth-order valence-electron chi connectivity index (χ4n) is 0.984. The number of hydrogen-bond donors (Lipinski definition) is 0. The Morgan fingerprint density at radius 1 is 1.29 bits per heavy atom. The van der Waals surface area contributed by atoms with Crippen molar-refractivity contribution in [3.63, 3.8) is 0 Å². The molecule has 0 heterocycles. The second-order valence-corrected chi connectivity index (χ2v) is 4.34. The lowest BCUT2D eigenvalue weighted by Gasteiger charge is -2.16. The van der Waals surface area contributed by atoms with Gasteiger partial charge in [0.05, 0.1) is 17.3 Å². The minimum Gasteiger partial charge on any atom is -0.441 e. The van der Waals surface area contributed by atoms with E-state index in [-0.39, 0.29) is 0 Å². The largest absolute Gasteiger partial charge is 0.452 e. The first-order valence-electron chi connectivity index (χ1n) is 5.05. The van der Waals surface area contributed by atoms with Crippen molar-refractivity contribution in [3.05, 3.63) is 29.8 Å². The zero-order valence-corrected chi connectivity index (χ0v) is 9.97. The summed E-state index contributed by atoms with van der Waals surface area (Å²) >= 11 is 0. The van der Waals surface area contributed by atoms with Gasteiger partial charge in [-0.05, 0) is 45.0 Å². The Morgan fingerprint density at radius 3 is 2.35 bits per heavy atom. The third-order valence-corrected chi connectivity index (χ3v) is 1.64. The molecule has 0 aromatic heterocycles. The van der Waals surface area contributed by atoms with Crippen LogP contribution >= 0.6 is 0 Å². The molecule has 1 amide bonds. The molecule has 1 rings (SSSR count). The van der Waals surface area contributed by atoms with Gasteiger partial charge in [0.25, 0.3) is 0 Å². The lowest BCUT2D eigenvalue weighted by molar-refractivity contribution is 0.0592. The Morgan fingerprint density at radius 2 is 1.88 bits per heavy atom. The molecule has 5 nitrogen and oxygen atoms in total. The van der Waals surface area contributed by atoms with E-state index < -0.39 is 11.7 Å². The van der Waals surface area contributed by atoms with Crippen molar-refractivity contribution < 1.29 is 9.53 Å². The van der Waals surface area contributed by atoms with E-state index in [4.69, 9.17) is 10.00 Å². The Balaban J connectivity index is 2.65. The summed E-state index contributed by atoms with van der Waals surface area (Å²) in [5.41, 5.74) is 0.442. The van der Waals surface area contributed by atoms with Crippen LogP contribution < -0.4 is 0 Å². The van der Waals surface area contributed by atoms with E-state index in [0.717, 1.165) is 0 Å². The third kappa shape index (κ3) is 4.89. The van der Waals surface area contributed by atoms with Crippen molar-refractivity contribution >= 4 is 11.8 Å². The molecule has 17 heavy (non-hydrogen) atoms. The number of ether oxygens (including phenoxy) is 1. The average molecular weight is 231 g/mol. The fraction of sp³-hybridized carbons (Fsp3) is 0.333. The Kier molecular flexibility index (Phi) is 3.94. The van der Waals surface area contributed by atoms with Gasteiger partial charge in [-0.3, -0.25) is 0 Å². The molecule has 0 spiro atoms. The maximum atomic E-state index is 11.2. The fourth-order valence-corrected chi connectivity index (χ4v) is 0.984. The minimum absolute atomic E-state index is 0.495. The molecule has 0 radical (unpaired) electrons. The third-order valence-electron chi connectivity index (χ3n) is 1.64. The first-order chi connectivity index (χ1) is 7.90. The van der Waals surface area contributed by atoms with Gasteiger partial charge in [-0.25, -0.2) is 4.79 Å². The molecule has 0 aliphatic carbocycles. The highest BCUT2D eigenvalue weighted by Crippen LogP contribution is 2.14. The summed E-state index contributed by atoms with van der Waals surface area (Å²) < 4.78 is 4.95. The van der Waals surface area contributed by atoms with Crippen LogP contribution in [0.4, 0.5) is 10.5 Å². The zero-order valence-electron chi connectivity index (χ0n) is 9.97. The molecule has 0 unspecified atom stereocenters. The highest BCUT2D eigenvalue weighted by Gasteiger charge is 2.15. The topological polar surface area (TPSA) is 74.8 Å². The number of azo groups is 1. The maximum Gasteiger partial charge on any atom is 0.452 e. The minimum atomic E-state index is -0.734. The van der Waals surface area contributed by atoms with Gasteiger partial charge in [0.2, 0.25) is 0 Å². The van der Waals surface area contributed by atoms with E-state index >= 15 is 0 Å². The van der Waals surface area contributed by atoms with Crippen molar-refractivity contribution in [3.8, 4) is 6.07 Å². The summed E-state index contributed by atoms with van der Waals surface area (Å²) in [5, 5.41) is 15.7. The molecule has 88 valence electrons. The van der Waals surface area contributed by atoms with E-state index in [1.165, 1.54) is 0 Å². The van der Waals surface area contributed by atoms with Crippen molar-refractivity contribution in [2.24, 2.45) is 10.2 Å². The molecular weight excluding hydrogens is 218 g/mol. The normalized spacial score (nSPS) is 11.2. The Hall–Kier alpha value is -2.22. The van der Waals surface area contributed by atoms with Gasteiger partial charge in [0, 0.05) is 0 Å². The summed E-state index contributed by atoms with van der Waals surface area (Å²) in [6.45, 7) is 5.26. The van der Waals surface area contributed by atoms with Crippen LogP contribution in [0.3, 0.4) is 0 Å². The average Bonchev–Trinajstić information content (AvgIpc) is 2.25. The number of amides is 1. The first kappa shape index (κ1) is 12.8. The number of carbonyl (C=O) groups is 1. The first-order valence-corrected chi connectivity index (χ1v) is 5.05. The quantitative estimate of drug-likeness (QED) is 0.693. The van der Waals surface area contributed by atoms with Crippen LogP contribution in [0.2, 0.25) is 0 Å². The van der Waals surface area contributed by atoms with Gasteiger partial charge >= 0.3 is 6.09 Å². The number of hydrogen-bond acceptors (Lipinski definition) is 4. The van der Waals surface area contributed by atoms with Crippen LogP contribution in [0.15, 0.2) is 34.5 Å².